The number of hydrogen-bond donors (Lipinski definition) is 1. The zero-order valence-corrected chi connectivity index (χ0v) is 21.7. The molecule has 0 bridgehead atoms. The SMILES string of the molecule is COC(=O)C1(Cc2ccccc2)CC(=O)N1CC[C@H](NC(=O)OC(C)(C)C)C(=O)OCc1ccccc1. The molecule has 198 valence electrons. The number of benzene rings is 2. The largest absolute Gasteiger partial charge is 0.467 e. The van der Waals surface area contributed by atoms with Gasteiger partial charge in [-0.25, -0.2) is 14.4 Å². The quantitative estimate of drug-likeness (QED) is 0.296. The van der Waals surface area contributed by atoms with E-state index in [1.165, 1.54) is 12.0 Å². The van der Waals surface area contributed by atoms with Crippen LogP contribution in [-0.4, -0.2) is 59.7 Å². The van der Waals surface area contributed by atoms with Gasteiger partial charge >= 0.3 is 18.0 Å². The third-order valence-electron chi connectivity index (χ3n) is 6.01. The molecule has 0 saturated carbocycles. The summed E-state index contributed by atoms with van der Waals surface area (Å²) < 4.78 is 15.8. The number of nitrogens with zero attached hydrogens (tertiary/aromatic N) is 1. The topological polar surface area (TPSA) is 111 Å². The lowest BCUT2D eigenvalue weighted by atomic mass is 9.78. The van der Waals surface area contributed by atoms with E-state index < -0.39 is 35.2 Å². The highest BCUT2D eigenvalue weighted by Gasteiger charge is 2.57. The fourth-order valence-corrected chi connectivity index (χ4v) is 4.25. The smallest absolute Gasteiger partial charge is 0.408 e. The summed E-state index contributed by atoms with van der Waals surface area (Å²) in [7, 11) is 1.28. The molecular formula is C28H34N2O7. The van der Waals surface area contributed by atoms with Gasteiger partial charge in [0.05, 0.1) is 13.5 Å². The van der Waals surface area contributed by atoms with E-state index in [9.17, 15) is 19.2 Å². The monoisotopic (exact) mass is 510 g/mol. The Kier molecular flexibility index (Phi) is 8.91. The van der Waals surface area contributed by atoms with E-state index in [2.05, 4.69) is 5.32 Å². The Balaban J connectivity index is 1.75. The number of hydrogen-bond acceptors (Lipinski definition) is 7. The molecule has 3 rings (SSSR count). The van der Waals surface area contributed by atoms with Crippen LogP contribution in [0.15, 0.2) is 60.7 Å². The third kappa shape index (κ3) is 7.31. The molecule has 0 spiro atoms. The van der Waals surface area contributed by atoms with E-state index in [0.717, 1.165) is 11.1 Å². The molecule has 0 radical (unpaired) electrons. The second kappa shape index (κ2) is 11.9. The Bertz CT molecular complexity index is 1100. The maximum atomic E-state index is 13.0. The predicted octanol–water partition coefficient (Wildman–Crippen LogP) is 3.40. The van der Waals surface area contributed by atoms with Gasteiger partial charge in [-0.05, 0) is 38.3 Å². The summed E-state index contributed by atoms with van der Waals surface area (Å²) in [5.74, 6) is -1.44. The number of rotatable bonds is 10. The molecule has 2 aromatic carbocycles. The molecule has 1 saturated heterocycles. The first kappa shape index (κ1) is 27.7. The minimum absolute atomic E-state index is 0.00280. The first-order chi connectivity index (χ1) is 17.5. The molecule has 9 heteroatoms. The number of β-lactam (4-membered cyclic amide) rings is 1. The molecule has 37 heavy (non-hydrogen) atoms. The van der Waals surface area contributed by atoms with Crippen LogP contribution in [0.5, 0.6) is 0 Å². The van der Waals surface area contributed by atoms with Crippen molar-refractivity contribution in [2.45, 2.75) is 63.8 Å². The van der Waals surface area contributed by atoms with Crippen molar-refractivity contribution >= 4 is 23.9 Å². The Morgan fingerprint density at radius 2 is 1.59 bits per heavy atom. The standard InChI is InChI=1S/C28H34N2O7/c1-27(2,3)37-26(34)29-22(24(32)36-19-21-13-9-6-10-14-21)15-16-30-23(31)18-28(30,25(33)35-4)17-20-11-7-5-8-12-20/h5-14,22H,15-19H2,1-4H3,(H,29,34)/t22-,28?/m0/s1. The average molecular weight is 511 g/mol. The predicted molar refractivity (Wildman–Crippen MR) is 135 cm³/mol. The second-order valence-corrected chi connectivity index (χ2v) is 9.99. The summed E-state index contributed by atoms with van der Waals surface area (Å²) >= 11 is 0. The zero-order chi connectivity index (χ0) is 27.1. The van der Waals surface area contributed by atoms with Crippen LogP contribution in [0.1, 0.15) is 44.7 Å². The fourth-order valence-electron chi connectivity index (χ4n) is 4.25. The first-order valence-corrected chi connectivity index (χ1v) is 12.2. The molecule has 2 atom stereocenters. The number of carbonyl (C=O) groups is 4. The van der Waals surface area contributed by atoms with Crippen molar-refractivity contribution in [2.75, 3.05) is 13.7 Å². The molecule has 0 aromatic heterocycles. The molecule has 2 amide bonds. The third-order valence-corrected chi connectivity index (χ3v) is 6.01. The highest BCUT2D eigenvalue weighted by molar-refractivity contribution is 5.99. The summed E-state index contributed by atoms with van der Waals surface area (Å²) in [6.45, 7) is 5.18. The number of likely N-dealkylation sites (tertiary alicyclic amines) is 1. The number of esters is 2. The van der Waals surface area contributed by atoms with E-state index in [1.807, 2.05) is 60.7 Å². The van der Waals surface area contributed by atoms with Crippen molar-refractivity contribution in [3.05, 3.63) is 71.8 Å². The van der Waals surface area contributed by atoms with Crippen molar-refractivity contribution in [3.8, 4) is 0 Å². The number of amides is 2. The molecule has 1 fully saturated rings. The lowest BCUT2D eigenvalue weighted by Gasteiger charge is -2.50. The lowest BCUT2D eigenvalue weighted by Crippen LogP contribution is -2.69. The van der Waals surface area contributed by atoms with Crippen molar-refractivity contribution in [1.29, 1.82) is 0 Å². The highest BCUT2D eigenvalue weighted by Crippen LogP contribution is 2.37. The van der Waals surface area contributed by atoms with Gasteiger partial charge in [0.25, 0.3) is 0 Å². The summed E-state index contributed by atoms with van der Waals surface area (Å²) in [5.41, 5.74) is -0.294. The van der Waals surface area contributed by atoms with Crippen LogP contribution in [0.4, 0.5) is 4.79 Å². The minimum atomic E-state index is -1.18. The van der Waals surface area contributed by atoms with Gasteiger partial charge in [-0.15, -0.1) is 0 Å². The van der Waals surface area contributed by atoms with E-state index in [-0.39, 0.29) is 38.3 Å². The maximum Gasteiger partial charge on any atom is 0.408 e. The van der Waals surface area contributed by atoms with Gasteiger partial charge in [0.1, 0.15) is 18.2 Å². The summed E-state index contributed by atoms with van der Waals surface area (Å²) in [4.78, 5) is 52.4. The van der Waals surface area contributed by atoms with Gasteiger partial charge in [-0.2, -0.15) is 0 Å². The van der Waals surface area contributed by atoms with Gasteiger partial charge in [0.15, 0.2) is 5.54 Å². The molecule has 9 nitrogen and oxygen atoms in total. The van der Waals surface area contributed by atoms with Crippen molar-refractivity contribution in [2.24, 2.45) is 0 Å². The van der Waals surface area contributed by atoms with Crippen LogP contribution < -0.4 is 5.32 Å². The Morgan fingerprint density at radius 1 is 1.00 bits per heavy atom. The summed E-state index contributed by atoms with van der Waals surface area (Å²) in [6.07, 6.45) is -0.495. The number of alkyl carbamates (subject to hydrolysis) is 1. The molecule has 2 aromatic rings. The average Bonchev–Trinajstić information content (AvgIpc) is 2.85. The molecule has 1 N–H and O–H groups in total. The second-order valence-electron chi connectivity index (χ2n) is 9.99. The summed E-state index contributed by atoms with van der Waals surface area (Å²) in [5, 5.41) is 2.56. The van der Waals surface area contributed by atoms with Crippen LogP contribution in [0.3, 0.4) is 0 Å². The van der Waals surface area contributed by atoms with E-state index in [0.29, 0.717) is 0 Å². The lowest BCUT2D eigenvalue weighted by molar-refractivity contribution is -0.178. The Labute approximate surface area is 217 Å². The van der Waals surface area contributed by atoms with Crippen LogP contribution in [0.25, 0.3) is 0 Å². The van der Waals surface area contributed by atoms with Crippen LogP contribution in [0.2, 0.25) is 0 Å². The molecule has 1 unspecified atom stereocenters. The number of methoxy groups -OCH3 is 1. The number of nitrogens with one attached hydrogen (secondary N) is 1. The van der Waals surface area contributed by atoms with Crippen molar-refractivity contribution < 1.29 is 33.4 Å². The zero-order valence-electron chi connectivity index (χ0n) is 21.7. The molecular weight excluding hydrogens is 476 g/mol. The van der Waals surface area contributed by atoms with E-state index in [4.69, 9.17) is 14.2 Å². The van der Waals surface area contributed by atoms with Crippen LogP contribution >= 0.6 is 0 Å². The van der Waals surface area contributed by atoms with E-state index in [1.54, 1.807) is 20.8 Å². The maximum absolute atomic E-state index is 13.0. The minimum Gasteiger partial charge on any atom is -0.467 e. The van der Waals surface area contributed by atoms with Crippen LogP contribution in [0, 0.1) is 0 Å². The van der Waals surface area contributed by atoms with Crippen LogP contribution in [-0.2, 0) is 41.6 Å². The van der Waals surface area contributed by atoms with Gasteiger partial charge < -0.3 is 24.4 Å². The normalized spacial score (nSPS) is 17.8. The van der Waals surface area contributed by atoms with Crippen molar-refractivity contribution in [3.63, 3.8) is 0 Å². The molecule has 1 heterocycles. The number of ether oxygens (including phenoxy) is 3. The highest BCUT2D eigenvalue weighted by atomic mass is 16.6. The molecule has 0 aliphatic carbocycles. The van der Waals surface area contributed by atoms with Gasteiger partial charge in [-0.1, -0.05) is 60.7 Å². The molecule has 1 aliphatic rings. The Morgan fingerprint density at radius 3 is 2.14 bits per heavy atom. The number of carbonyl (C=O) groups excluding carboxylic acids is 4. The Hall–Kier alpha value is -3.88. The van der Waals surface area contributed by atoms with Gasteiger partial charge in [0, 0.05) is 13.0 Å². The fraction of sp³-hybridized carbons (Fsp3) is 0.429. The van der Waals surface area contributed by atoms with Gasteiger partial charge in [0.2, 0.25) is 5.91 Å². The summed E-state index contributed by atoms with van der Waals surface area (Å²) in [6, 6.07) is 17.4. The van der Waals surface area contributed by atoms with Crippen molar-refractivity contribution in [1.82, 2.24) is 10.2 Å². The van der Waals surface area contributed by atoms with Gasteiger partial charge in [-0.3, -0.25) is 4.79 Å². The first-order valence-electron chi connectivity index (χ1n) is 12.2. The van der Waals surface area contributed by atoms with E-state index >= 15 is 0 Å². The molecule has 1 aliphatic heterocycles.